The number of benzene rings is 2. The Morgan fingerprint density at radius 3 is 0.783 bits per heavy atom. The second-order valence-corrected chi connectivity index (χ2v) is 9.33. The first-order chi connectivity index (χ1) is 21.1. The molecule has 0 saturated heterocycles. The Labute approximate surface area is 331 Å². The van der Waals surface area contributed by atoms with E-state index in [4.69, 9.17) is 34.0 Å². The van der Waals surface area contributed by atoms with Crippen LogP contribution in [0.3, 0.4) is 0 Å². The van der Waals surface area contributed by atoms with Crippen molar-refractivity contribution in [1.82, 2.24) is 0 Å². The Hall–Kier alpha value is -1.89. The van der Waals surface area contributed by atoms with Crippen LogP contribution >= 0.6 is 0 Å². The fourth-order valence-electron chi connectivity index (χ4n) is 3.23. The van der Waals surface area contributed by atoms with Crippen molar-refractivity contribution in [2.45, 2.75) is 79.1 Å². The molecule has 0 aliphatic carbocycles. The average Bonchev–Trinajstić information content (AvgIpc) is 3.01. The number of unbranched alkanes of at least 4 members (excludes halogenated alkanes) is 4. The van der Waals surface area contributed by atoms with Crippen LogP contribution in [0.1, 0.15) is 120 Å². The zero-order chi connectivity index (χ0) is 33.2. The maximum atomic E-state index is 11.9. The monoisotopic (exact) mass is 702 g/mol. The van der Waals surface area contributed by atoms with E-state index in [1.807, 2.05) is 27.7 Å². The minimum absolute atomic E-state index is 0. The van der Waals surface area contributed by atoms with Gasteiger partial charge in [-0.3, -0.25) is 0 Å². The van der Waals surface area contributed by atoms with E-state index in [-0.39, 0.29) is 97.7 Å². The quantitative estimate of drug-likeness (QED) is 0.0970. The molecule has 0 heterocycles. The molecule has 2 aromatic carbocycles. The molecule has 2 rings (SSSR count). The molecular formula is C33H50Ca2O11. The normalized spacial score (nSPS) is 9.30. The number of esters is 4. The Morgan fingerprint density at radius 1 is 0.457 bits per heavy atom. The van der Waals surface area contributed by atoms with E-state index in [1.165, 1.54) is 0 Å². The Balaban J connectivity index is -0.000000692. The molecule has 0 amide bonds. The summed E-state index contributed by atoms with van der Waals surface area (Å²) in [6, 6.07) is 13.2. The summed E-state index contributed by atoms with van der Waals surface area (Å²) >= 11 is 0. The molecule has 46 heavy (non-hydrogen) atoms. The van der Waals surface area contributed by atoms with Crippen LogP contribution in [0.5, 0.6) is 0 Å². The number of carbonyl (C=O) groups is 5. The van der Waals surface area contributed by atoms with Gasteiger partial charge >= 0.3 is 106 Å². The van der Waals surface area contributed by atoms with Gasteiger partial charge < -0.3 is 29.2 Å². The van der Waals surface area contributed by atoms with Crippen LogP contribution in [0.25, 0.3) is 0 Å². The van der Waals surface area contributed by atoms with E-state index in [2.05, 4.69) is 0 Å². The summed E-state index contributed by atoms with van der Waals surface area (Å²) in [5, 5.41) is 13.9. The van der Waals surface area contributed by atoms with E-state index >= 15 is 0 Å². The molecule has 0 atom stereocenters. The third-order valence-electron chi connectivity index (χ3n) is 5.66. The van der Waals surface area contributed by atoms with Crippen molar-refractivity contribution in [3.05, 3.63) is 70.8 Å². The Morgan fingerprint density at radius 2 is 0.630 bits per heavy atom. The summed E-state index contributed by atoms with van der Waals surface area (Å²) in [6.07, 6.45) is 5.23. The molecule has 0 aromatic heterocycles. The molecule has 2 N–H and O–H groups in total. The fourth-order valence-corrected chi connectivity index (χ4v) is 3.23. The van der Waals surface area contributed by atoms with Crippen LogP contribution < -0.4 is 0 Å². The van der Waals surface area contributed by atoms with Crippen molar-refractivity contribution in [3.63, 3.8) is 0 Å². The topological polar surface area (TPSA) is 163 Å². The van der Waals surface area contributed by atoms with Crippen molar-refractivity contribution >= 4 is 106 Å². The number of carbonyl (C=O) groups excluding carboxylic acids is 4. The first-order valence-electron chi connectivity index (χ1n) is 14.9. The number of ether oxygens (including phenoxy) is 4. The van der Waals surface area contributed by atoms with Gasteiger partial charge in [-0.25, -0.2) is 24.0 Å². The molecule has 2 aromatic rings. The zero-order valence-electron chi connectivity index (χ0n) is 26.2. The summed E-state index contributed by atoms with van der Waals surface area (Å²) in [4.78, 5) is 56.3. The average molecular weight is 703 g/mol. The maximum absolute atomic E-state index is 11.9. The predicted octanol–water partition coefficient (Wildman–Crippen LogP) is 5.59. The number of hydrogen-bond donors (Lipinski definition) is 2. The van der Waals surface area contributed by atoms with E-state index in [0.717, 1.165) is 51.4 Å². The van der Waals surface area contributed by atoms with E-state index in [0.29, 0.717) is 26.4 Å². The summed E-state index contributed by atoms with van der Waals surface area (Å²) in [5.41, 5.74) is 1.07. The minimum atomic E-state index is -1.83. The predicted molar refractivity (Wildman–Crippen MR) is 181 cm³/mol. The zero-order valence-corrected chi connectivity index (χ0v) is 26.2. The van der Waals surface area contributed by atoms with Crippen molar-refractivity contribution in [1.29, 1.82) is 0 Å². The van der Waals surface area contributed by atoms with Gasteiger partial charge in [0.15, 0.2) is 0 Å². The summed E-state index contributed by atoms with van der Waals surface area (Å²) < 4.78 is 20.6. The van der Waals surface area contributed by atoms with Crippen LogP contribution in [0.2, 0.25) is 0 Å². The first-order valence-corrected chi connectivity index (χ1v) is 14.9. The van der Waals surface area contributed by atoms with Gasteiger partial charge in [-0.1, -0.05) is 77.6 Å². The van der Waals surface area contributed by atoms with Crippen LogP contribution in [-0.4, -0.2) is 142 Å². The van der Waals surface area contributed by atoms with Crippen LogP contribution in [0.4, 0.5) is 4.79 Å². The summed E-state index contributed by atoms with van der Waals surface area (Å²) in [5.74, 6) is -1.88. The molecule has 0 fully saturated rings. The molecule has 0 radical (unpaired) electrons. The molecule has 252 valence electrons. The second-order valence-electron chi connectivity index (χ2n) is 9.33. The Bertz CT molecular complexity index is 986. The van der Waals surface area contributed by atoms with Crippen LogP contribution in [0, 0.1) is 0 Å². The van der Waals surface area contributed by atoms with Gasteiger partial charge in [0.25, 0.3) is 0 Å². The van der Waals surface area contributed by atoms with E-state index in [1.54, 1.807) is 48.5 Å². The first kappa shape index (κ1) is 48.5. The van der Waals surface area contributed by atoms with Crippen molar-refractivity contribution in [2.24, 2.45) is 0 Å². The van der Waals surface area contributed by atoms with Crippen molar-refractivity contribution in [2.75, 3.05) is 26.4 Å². The standard InChI is InChI=1S/2C16H22O4.CH2O3.2Ca.4H/c2*1-3-5-11-19-15(17)13-9-7-8-10-14(13)16(18)20-12-6-4-2;2-1(3)4;;;;;;/h2*7-10H,3-6,11-12H2,1-2H3;(H2,2,3,4);;;;;;. The number of rotatable bonds is 16. The van der Waals surface area contributed by atoms with Crippen LogP contribution in [0.15, 0.2) is 48.5 Å². The summed E-state index contributed by atoms with van der Waals surface area (Å²) in [7, 11) is 0. The number of carboxylic acid groups (broad SMARTS) is 2. The molecular weight excluding hydrogens is 653 g/mol. The molecule has 0 aliphatic heterocycles. The van der Waals surface area contributed by atoms with Gasteiger partial charge in [0, 0.05) is 0 Å². The van der Waals surface area contributed by atoms with Gasteiger partial charge in [-0.2, -0.15) is 0 Å². The fraction of sp³-hybridized carbons (Fsp3) is 0.485. The Kier molecular flexibility index (Phi) is 33.4. The molecule has 0 saturated carbocycles. The molecule has 0 unspecified atom stereocenters. The molecule has 0 bridgehead atoms. The molecule has 13 heteroatoms. The van der Waals surface area contributed by atoms with Crippen LogP contribution in [-0.2, 0) is 18.9 Å². The van der Waals surface area contributed by atoms with Crippen molar-refractivity contribution < 1.29 is 53.1 Å². The van der Waals surface area contributed by atoms with Gasteiger partial charge in [0.1, 0.15) is 0 Å². The number of hydrogen-bond acceptors (Lipinski definition) is 9. The second kappa shape index (κ2) is 31.7. The van der Waals surface area contributed by atoms with Gasteiger partial charge in [0.2, 0.25) is 0 Å². The van der Waals surface area contributed by atoms with Crippen molar-refractivity contribution in [3.8, 4) is 0 Å². The summed E-state index contributed by atoms with van der Waals surface area (Å²) in [6.45, 7) is 9.56. The third kappa shape index (κ3) is 22.6. The van der Waals surface area contributed by atoms with Gasteiger partial charge in [0.05, 0.1) is 48.7 Å². The van der Waals surface area contributed by atoms with E-state index < -0.39 is 30.0 Å². The third-order valence-corrected chi connectivity index (χ3v) is 5.66. The SMILES string of the molecule is CCCCOC(=O)c1ccccc1C(=O)OCCCC.CCCCOC(=O)c1ccccc1C(=O)OCCCC.O=C(O)O.[CaH2].[CaH2]. The van der Waals surface area contributed by atoms with Gasteiger partial charge in [-0.05, 0) is 49.9 Å². The molecule has 11 nitrogen and oxygen atoms in total. The molecule has 0 spiro atoms. The van der Waals surface area contributed by atoms with Gasteiger partial charge in [-0.15, -0.1) is 0 Å². The van der Waals surface area contributed by atoms with E-state index in [9.17, 15) is 19.2 Å². The molecule has 0 aliphatic rings.